The molecule has 1 rings (SSSR count). The van der Waals surface area contributed by atoms with Gasteiger partial charge in [0, 0.05) is 6.04 Å². The van der Waals surface area contributed by atoms with Crippen LogP contribution < -0.4 is 5.32 Å². The highest BCUT2D eigenvalue weighted by Gasteiger charge is 2.10. The Bertz CT molecular complexity index is 319. The molecular weight excluding hydrogens is 206 g/mol. The van der Waals surface area contributed by atoms with E-state index >= 15 is 0 Å². The molecule has 0 amide bonds. The lowest BCUT2D eigenvalue weighted by Crippen LogP contribution is -2.27. The zero-order chi connectivity index (χ0) is 12.7. The van der Waals surface area contributed by atoms with E-state index in [1.807, 2.05) is 0 Å². The molecular formula is C16H27N. The van der Waals surface area contributed by atoms with Crippen LogP contribution in [0.3, 0.4) is 0 Å². The third kappa shape index (κ3) is 4.91. The zero-order valence-corrected chi connectivity index (χ0v) is 11.8. The molecule has 0 aliphatic heterocycles. The van der Waals surface area contributed by atoms with Crippen LogP contribution in [-0.4, -0.2) is 13.1 Å². The van der Waals surface area contributed by atoms with Crippen LogP contribution in [0.15, 0.2) is 24.3 Å². The van der Waals surface area contributed by atoms with Crippen molar-refractivity contribution in [2.75, 3.05) is 7.05 Å². The summed E-state index contributed by atoms with van der Waals surface area (Å²) in [5, 5.41) is 3.46. The third-order valence-corrected chi connectivity index (χ3v) is 3.82. The fraction of sp³-hybridized carbons (Fsp3) is 0.625. The molecule has 1 nitrogen and oxygen atoms in total. The van der Waals surface area contributed by atoms with Crippen molar-refractivity contribution in [2.45, 2.75) is 52.5 Å². The van der Waals surface area contributed by atoms with Crippen molar-refractivity contribution in [3.8, 4) is 0 Å². The second-order valence-electron chi connectivity index (χ2n) is 5.20. The maximum Gasteiger partial charge on any atom is 0.00697 e. The minimum Gasteiger partial charge on any atom is -0.317 e. The number of rotatable bonds is 7. The minimum atomic E-state index is 0.657. The first-order valence-corrected chi connectivity index (χ1v) is 6.89. The molecule has 0 spiro atoms. The topological polar surface area (TPSA) is 12.0 Å². The number of benzene rings is 1. The van der Waals surface area contributed by atoms with Crippen molar-refractivity contribution in [2.24, 2.45) is 5.92 Å². The molecule has 0 heterocycles. The second kappa shape index (κ2) is 7.50. The molecule has 0 radical (unpaired) electrons. The van der Waals surface area contributed by atoms with Gasteiger partial charge in [-0.05, 0) is 50.3 Å². The molecule has 0 fully saturated rings. The van der Waals surface area contributed by atoms with Gasteiger partial charge in [-0.15, -0.1) is 0 Å². The van der Waals surface area contributed by atoms with Crippen LogP contribution in [0, 0.1) is 12.8 Å². The van der Waals surface area contributed by atoms with Gasteiger partial charge in [-0.1, -0.05) is 44.5 Å². The predicted octanol–water partition coefficient (Wildman–Crippen LogP) is 3.95. The summed E-state index contributed by atoms with van der Waals surface area (Å²) in [6.45, 7) is 6.83. The maximum absolute atomic E-state index is 3.46. The van der Waals surface area contributed by atoms with Crippen molar-refractivity contribution in [3.05, 3.63) is 35.4 Å². The fourth-order valence-corrected chi connectivity index (χ4v) is 2.25. The van der Waals surface area contributed by atoms with E-state index in [2.05, 4.69) is 57.4 Å². The Morgan fingerprint density at radius 1 is 1.24 bits per heavy atom. The van der Waals surface area contributed by atoms with Crippen molar-refractivity contribution in [1.29, 1.82) is 0 Å². The van der Waals surface area contributed by atoms with Crippen molar-refractivity contribution in [3.63, 3.8) is 0 Å². The summed E-state index contributed by atoms with van der Waals surface area (Å²) in [5.74, 6) is 0.823. The SMILES string of the molecule is CCC(C)CC(CCc1ccccc1C)NC. The van der Waals surface area contributed by atoms with E-state index in [0.717, 1.165) is 5.92 Å². The van der Waals surface area contributed by atoms with Gasteiger partial charge in [0.1, 0.15) is 0 Å². The van der Waals surface area contributed by atoms with Gasteiger partial charge in [-0.2, -0.15) is 0 Å². The van der Waals surface area contributed by atoms with Crippen LogP contribution in [0.5, 0.6) is 0 Å². The van der Waals surface area contributed by atoms with E-state index in [9.17, 15) is 0 Å². The number of nitrogens with one attached hydrogen (secondary N) is 1. The number of hydrogen-bond donors (Lipinski definition) is 1. The normalized spacial score (nSPS) is 14.6. The van der Waals surface area contributed by atoms with Gasteiger partial charge in [0.05, 0.1) is 0 Å². The van der Waals surface area contributed by atoms with Crippen LogP contribution >= 0.6 is 0 Å². The first-order valence-electron chi connectivity index (χ1n) is 6.89. The number of aryl methyl sites for hydroxylation is 2. The zero-order valence-electron chi connectivity index (χ0n) is 11.8. The summed E-state index contributed by atoms with van der Waals surface area (Å²) in [6.07, 6.45) is 5.00. The highest BCUT2D eigenvalue weighted by molar-refractivity contribution is 5.25. The van der Waals surface area contributed by atoms with Crippen LogP contribution in [0.1, 0.15) is 44.2 Å². The molecule has 2 atom stereocenters. The minimum absolute atomic E-state index is 0.657. The smallest absolute Gasteiger partial charge is 0.00697 e. The molecule has 2 unspecified atom stereocenters. The summed E-state index contributed by atoms with van der Waals surface area (Å²) in [5.41, 5.74) is 2.92. The fourth-order valence-electron chi connectivity index (χ4n) is 2.25. The lowest BCUT2D eigenvalue weighted by molar-refractivity contribution is 0.395. The Hall–Kier alpha value is -0.820. The van der Waals surface area contributed by atoms with E-state index in [1.165, 1.54) is 36.8 Å². The molecule has 0 aromatic heterocycles. The standard InChI is InChI=1S/C16H27N/c1-5-13(2)12-16(17-4)11-10-15-9-7-6-8-14(15)3/h6-9,13,16-17H,5,10-12H2,1-4H3. The quantitative estimate of drug-likeness (QED) is 0.752. The average molecular weight is 233 g/mol. The van der Waals surface area contributed by atoms with Gasteiger partial charge in [-0.25, -0.2) is 0 Å². The van der Waals surface area contributed by atoms with Gasteiger partial charge in [-0.3, -0.25) is 0 Å². The lowest BCUT2D eigenvalue weighted by atomic mass is 9.94. The van der Waals surface area contributed by atoms with Crippen molar-refractivity contribution < 1.29 is 0 Å². The van der Waals surface area contributed by atoms with E-state index < -0.39 is 0 Å². The molecule has 1 aromatic rings. The summed E-state index contributed by atoms with van der Waals surface area (Å²) >= 11 is 0. The molecule has 96 valence electrons. The monoisotopic (exact) mass is 233 g/mol. The molecule has 1 heteroatoms. The first kappa shape index (κ1) is 14.2. The highest BCUT2D eigenvalue weighted by Crippen LogP contribution is 2.16. The van der Waals surface area contributed by atoms with E-state index in [4.69, 9.17) is 0 Å². The first-order chi connectivity index (χ1) is 8.17. The Kier molecular flexibility index (Phi) is 6.28. The van der Waals surface area contributed by atoms with Gasteiger partial charge in [0.25, 0.3) is 0 Å². The molecule has 0 aliphatic carbocycles. The van der Waals surface area contributed by atoms with Gasteiger partial charge >= 0.3 is 0 Å². The summed E-state index contributed by atoms with van der Waals surface area (Å²) in [6, 6.07) is 9.38. The average Bonchev–Trinajstić information content (AvgIpc) is 2.35. The van der Waals surface area contributed by atoms with Crippen molar-refractivity contribution in [1.82, 2.24) is 5.32 Å². The molecule has 1 aromatic carbocycles. The summed E-state index contributed by atoms with van der Waals surface area (Å²) in [7, 11) is 2.09. The Morgan fingerprint density at radius 2 is 1.94 bits per heavy atom. The van der Waals surface area contributed by atoms with Gasteiger partial charge in [0.2, 0.25) is 0 Å². The molecule has 0 aliphatic rings. The Balaban J connectivity index is 2.45. The summed E-state index contributed by atoms with van der Waals surface area (Å²) < 4.78 is 0. The predicted molar refractivity (Wildman–Crippen MR) is 76.4 cm³/mol. The molecule has 17 heavy (non-hydrogen) atoms. The Labute approximate surface area is 107 Å². The lowest BCUT2D eigenvalue weighted by Gasteiger charge is -2.20. The van der Waals surface area contributed by atoms with Crippen LogP contribution in [-0.2, 0) is 6.42 Å². The molecule has 1 N–H and O–H groups in total. The van der Waals surface area contributed by atoms with Gasteiger partial charge < -0.3 is 5.32 Å². The van der Waals surface area contributed by atoms with E-state index in [-0.39, 0.29) is 0 Å². The Morgan fingerprint density at radius 3 is 2.53 bits per heavy atom. The largest absolute Gasteiger partial charge is 0.317 e. The number of hydrogen-bond acceptors (Lipinski definition) is 1. The summed E-state index contributed by atoms with van der Waals surface area (Å²) in [4.78, 5) is 0. The second-order valence-corrected chi connectivity index (χ2v) is 5.20. The van der Waals surface area contributed by atoms with Crippen LogP contribution in [0.2, 0.25) is 0 Å². The van der Waals surface area contributed by atoms with E-state index in [0.29, 0.717) is 6.04 Å². The molecule has 0 saturated carbocycles. The van der Waals surface area contributed by atoms with Crippen LogP contribution in [0.4, 0.5) is 0 Å². The van der Waals surface area contributed by atoms with E-state index in [1.54, 1.807) is 0 Å². The van der Waals surface area contributed by atoms with Gasteiger partial charge in [0.15, 0.2) is 0 Å². The van der Waals surface area contributed by atoms with Crippen LogP contribution in [0.25, 0.3) is 0 Å². The van der Waals surface area contributed by atoms with Crippen molar-refractivity contribution >= 4 is 0 Å². The molecule has 0 bridgehead atoms. The maximum atomic E-state index is 3.46. The molecule has 0 saturated heterocycles. The third-order valence-electron chi connectivity index (χ3n) is 3.82. The highest BCUT2D eigenvalue weighted by atomic mass is 14.9.